The second-order valence-corrected chi connectivity index (χ2v) is 3.62. The van der Waals surface area contributed by atoms with Crippen LogP contribution in [0.15, 0.2) is 30.3 Å². The van der Waals surface area contributed by atoms with Gasteiger partial charge in [0.15, 0.2) is 0 Å². The van der Waals surface area contributed by atoms with Crippen LogP contribution in [0.2, 0.25) is 0 Å². The molecular formula is C10H15O2Sn. The zero-order valence-corrected chi connectivity index (χ0v) is 10.5. The van der Waals surface area contributed by atoms with E-state index in [9.17, 15) is 0 Å². The first-order valence-corrected chi connectivity index (χ1v) is 5.42. The Balaban J connectivity index is 0.00000144. The number of hydrogen-bond donors (Lipinski definition) is 0. The van der Waals surface area contributed by atoms with Crippen LogP contribution in [-0.4, -0.2) is 35.0 Å². The van der Waals surface area contributed by atoms with Gasteiger partial charge >= 0.3 is 87.8 Å². The molecule has 0 heterocycles. The minimum absolute atomic E-state index is 0. The van der Waals surface area contributed by atoms with Gasteiger partial charge in [0.25, 0.3) is 0 Å². The van der Waals surface area contributed by atoms with E-state index in [0.717, 1.165) is 6.61 Å². The van der Waals surface area contributed by atoms with E-state index in [1.165, 1.54) is 47.8 Å². The van der Waals surface area contributed by atoms with E-state index < -0.39 is 0 Å². The molecule has 1 aromatic rings. The van der Waals surface area contributed by atoms with E-state index in [1.54, 1.807) is 0 Å². The summed E-state index contributed by atoms with van der Waals surface area (Å²) in [4.78, 5) is 0. The Hall–Kier alpha value is -0.0613. The van der Waals surface area contributed by atoms with Gasteiger partial charge in [-0.3, -0.25) is 0 Å². The molecule has 0 fully saturated rings. The van der Waals surface area contributed by atoms with Crippen LogP contribution in [0.4, 0.5) is 0 Å². The van der Waals surface area contributed by atoms with Gasteiger partial charge in [-0.1, -0.05) is 0 Å². The summed E-state index contributed by atoms with van der Waals surface area (Å²) in [5.41, 5.74) is 1.43. The van der Waals surface area contributed by atoms with Crippen LogP contribution in [0.5, 0.6) is 0 Å². The van der Waals surface area contributed by atoms with Crippen molar-refractivity contribution in [3.05, 3.63) is 35.9 Å². The van der Waals surface area contributed by atoms with Crippen LogP contribution in [0.3, 0.4) is 0 Å². The number of unbranched alkanes of at least 4 members (excludes halogenated alkanes) is 1. The van der Waals surface area contributed by atoms with Crippen molar-refractivity contribution in [2.45, 2.75) is 19.3 Å². The maximum absolute atomic E-state index is 5.07. The molecule has 0 amide bonds. The van der Waals surface area contributed by atoms with Crippen LogP contribution >= 0.6 is 0 Å². The predicted octanol–water partition coefficient (Wildman–Crippen LogP) is 1.28. The Morgan fingerprint density at radius 3 is 2.38 bits per heavy atom. The Labute approximate surface area is 93.2 Å². The molecule has 0 aromatic heterocycles. The van der Waals surface area contributed by atoms with Crippen LogP contribution in [-0.2, 0) is 9.49 Å². The van der Waals surface area contributed by atoms with Gasteiger partial charge in [-0.15, -0.1) is 0 Å². The van der Waals surface area contributed by atoms with Crippen LogP contribution in [0.1, 0.15) is 18.4 Å². The molecule has 13 heavy (non-hydrogen) atoms. The molecule has 0 saturated carbocycles. The molecule has 0 aliphatic carbocycles. The van der Waals surface area contributed by atoms with Crippen molar-refractivity contribution in [1.29, 1.82) is 0 Å². The summed E-state index contributed by atoms with van der Waals surface area (Å²) in [7, 11) is 0. The molecule has 0 saturated heterocycles. The third-order valence-corrected chi connectivity index (χ3v) is 2.39. The normalized spacial score (nSPS) is 9.31. The molecule has 3 heteroatoms. The summed E-state index contributed by atoms with van der Waals surface area (Å²) >= 11 is 1.18. The van der Waals surface area contributed by atoms with Gasteiger partial charge < -0.3 is 5.48 Å². The monoisotopic (exact) mass is 287 g/mol. The molecule has 0 atom stereocenters. The van der Waals surface area contributed by atoms with E-state index in [4.69, 9.17) is 3.07 Å². The Kier molecular flexibility index (Phi) is 8.49. The fourth-order valence-electron chi connectivity index (χ4n) is 1.15. The van der Waals surface area contributed by atoms with Crippen molar-refractivity contribution in [3.63, 3.8) is 0 Å². The molecule has 2 N–H and O–H groups in total. The summed E-state index contributed by atoms with van der Waals surface area (Å²) in [5, 5.41) is 0. The molecule has 71 valence electrons. The maximum atomic E-state index is 5.07. The van der Waals surface area contributed by atoms with Crippen molar-refractivity contribution < 1.29 is 8.55 Å². The average Bonchev–Trinajstić information content (AvgIpc) is 2.14. The first-order valence-electron chi connectivity index (χ1n) is 4.26. The molecular weight excluding hydrogens is 271 g/mol. The molecule has 3 radical (unpaired) electrons. The van der Waals surface area contributed by atoms with Gasteiger partial charge in [0.1, 0.15) is 0 Å². The number of hydrogen-bond acceptors (Lipinski definition) is 1. The molecule has 0 bridgehead atoms. The van der Waals surface area contributed by atoms with E-state index >= 15 is 0 Å². The second kappa shape index (κ2) is 8.53. The first-order chi connectivity index (χ1) is 5.93. The summed E-state index contributed by atoms with van der Waals surface area (Å²) < 4.78 is 5.07. The average molecular weight is 286 g/mol. The van der Waals surface area contributed by atoms with E-state index in [-0.39, 0.29) is 5.48 Å². The van der Waals surface area contributed by atoms with Gasteiger partial charge in [0, 0.05) is 0 Å². The second-order valence-electron chi connectivity index (χ2n) is 2.79. The standard InChI is InChI=1S/C10H13O.H2O.Sn/c11-9-5-4-8-10-6-2-1-3-7-10;;/h1-3,6-7H,4-5,8-9H2;1H2;/q-1;;+1. The van der Waals surface area contributed by atoms with Crippen molar-refractivity contribution >= 4 is 22.9 Å². The van der Waals surface area contributed by atoms with Crippen LogP contribution < -0.4 is 0 Å². The van der Waals surface area contributed by atoms with Gasteiger partial charge in [-0.2, -0.15) is 0 Å². The predicted molar refractivity (Wildman–Crippen MR) is 54.7 cm³/mol. The third-order valence-electron chi connectivity index (χ3n) is 1.80. The zero-order valence-electron chi connectivity index (χ0n) is 7.62. The van der Waals surface area contributed by atoms with Crippen LogP contribution in [0.25, 0.3) is 0 Å². The summed E-state index contributed by atoms with van der Waals surface area (Å²) in [6, 6.07) is 10.6. The van der Waals surface area contributed by atoms with Gasteiger partial charge in [0.05, 0.1) is 0 Å². The molecule has 0 aliphatic rings. The van der Waals surface area contributed by atoms with Gasteiger partial charge in [-0.25, -0.2) is 0 Å². The topological polar surface area (TPSA) is 40.7 Å². The van der Waals surface area contributed by atoms with Gasteiger partial charge in [-0.05, 0) is 0 Å². The number of rotatable bonds is 5. The van der Waals surface area contributed by atoms with Crippen molar-refractivity contribution in [2.24, 2.45) is 0 Å². The molecule has 0 aliphatic heterocycles. The Morgan fingerprint density at radius 2 is 1.77 bits per heavy atom. The number of benzene rings is 1. The Bertz CT molecular complexity index is 201. The molecule has 1 rings (SSSR count). The van der Waals surface area contributed by atoms with E-state index in [2.05, 4.69) is 30.3 Å². The fourth-order valence-corrected chi connectivity index (χ4v) is 1.56. The summed E-state index contributed by atoms with van der Waals surface area (Å²) in [6.07, 6.45) is 3.60. The molecule has 0 unspecified atom stereocenters. The fraction of sp³-hybridized carbons (Fsp3) is 0.400. The summed E-state index contributed by atoms with van der Waals surface area (Å²) in [5.74, 6) is 0. The quantitative estimate of drug-likeness (QED) is 0.594. The van der Waals surface area contributed by atoms with Crippen LogP contribution in [0, 0.1) is 0 Å². The van der Waals surface area contributed by atoms with E-state index in [1.807, 2.05) is 0 Å². The molecule has 1 aromatic carbocycles. The van der Waals surface area contributed by atoms with Crippen molar-refractivity contribution in [2.75, 3.05) is 6.61 Å². The SMILES string of the molecule is O.[Sn][O]CCCCc1ccccc1. The zero-order chi connectivity index (χ0) is 8.65. The number of aryl methyl sites for hydroxylation is 1. The first kappa shape index (κ1) is 12.9. The van der Waals surface area contributed by atoms with Crippen molar-refractivity contribution in [3.8, 4) is 0 Å². The molecule has 2 nitrogen and oxygen atoms in total. The minimum atomic E-state index is 0. The molecule has 0 spiro atoms. The van der Waals surface area contributed by atoms with E-state index in [0.29, 0.717) is 0 Å². The summed E-state index contributed by atoms with van der Waals surface area (Å²) in [6.45, 7) is 0.922. The van der Waals surface area contributed by atoms with Gasteiger partial charge in [0.2, 0.25) is 0 Å². The Morgan fingerprint density at radius 1 is 1.08 bits per heavy atom. The van der Waals surface area contributed by atoms with Crippen molar-refractivity contribution in [1.82, 2.24) is 0 Å². The third kappa shape index (κ3) is 6.07.